The van der Waals surface area contributed by atoms with Gasteiger partial charge in [-0.3, -0.25) is 0 Å². The lowest BCUT2D eigenvalue weighted by Gasteiger charge is -2.25. The second kappa shape index (κ2) is 5.80. The zero-order chi connectivity index (χ0) is 9.97. The highest BCUT2D eigenvalue weighted by molar-refractivity contribution is 9.10. The quantitative estimate of drug-likeness (QED) is 0.830. The van der Waals surface area contributed by atoms with Gasteiger partial charge in [0, 0.05) is 30.1 Å². The van der Waals surface area contributed by atoms with Gasteiger partial charge in [0.05, 0.1) is 0 Å². The molecule has 2 nitrogen and oxygen atoms in total. The highest BCUT2D eigenvalue weighted by atomic mass is 79.9. The monoisotopic (exact) mass is 294 g/mol. The Morgan fingerprint density at radius 2 is 2.07 bits per heavy atom. The molecule has 0 amide bonds. The summed E-state index contributed by atoms with van der Waals surface area (Å²) in [5, 5.41) is 6.61. The van der Waals surface area contributed by atoms with Crippen LogP contribution in [0.25, 0.3) is 0 Å². The molecule has 2 N–H and O–H groups in total. The van der Waals surface area contributed by atoms with Gasteiger partial charge < -0.3 is 10.6 Å². The molecule has 1 aliphatic rings. The van der Waals surface area contributed by atoms with Crippen molar-refractivity contribution in [2.24, 2.45) is 0 Å². The van der Waals surface area contributed by atoms with Crippen LogP contribution in [0.3, 0.4) is 0 Å². The topological polar surface area (TPSA) is 24.1 Å². The van der Waals surface area contributed by atoms with Crippen LogP contribution in [0, 0.1) is 5.82 Å². The van der Waals surface area contributed by atoms with E-state index in [4.69, 9.17) is 0 Å². The van der Waals surface area contributed by atoms with E-state index < -0.39 is 0 Å². The normalized spacial score (nSPS) is 20.8. The van der Waals surface area contributed by atoms with E-state index in [1.165, 1.54) is 6.07 Å². The minimum Gasteiger partial charge on any atom is -0.314 e. The Balaban J connectivity index is 0.00000112. The van der Waals surface area contributed by atoms with Gasteiger partial charge in [0.2, 0.25) is 0 Å². The van der Waals surface area contributed by atoms with Crippen LogP contribution in [0.4, 0.5) is 4.39 Å². The molecule has 5 heteroatoms. The van der Waals surface area contributed by atoms with E-state index in [0.29, 0.717) is 0 Å². The number of halogens is 3. The van der Waals surface area contributed by atoms with E-state index >= 15 is 0 Å². The van der Waals surface area contributed by atoms with Crippen LogP contribution >= 0.6 is 28.3 Å². The highest BCUT2D eigenvalue weighted by Crippen LogP contribution is 2.20. The molecule has 1 aromatic carbocycles. The largest absolute Gasteiger partial charge is 0.314 e. The fourth-order valence-corrected chi connectivity index (χ4v) is 2.15. The number of hydrogen-bond donors (Lipinski definition) is 2. The first-order valence-electron chi connectivity index (χ1n) is 4.66. The molecule has 0 aromatic heterocycles. The lowest BCUT2D eigenvalue weighted by Crippen LogP contribution is -2.42. The standard InChI is InChI=1S/C10H12BrFN2.ClH/c11-8-3-7(4-9(12)5-8)10-6-13-1-2-14-10;/h3-5,10,13-14H,1-2,6H2;1H/t10-;/m0./s1. The summed E-state index contributed by atoms with van der Waals surface area (Å²) in [4.78, 5) is 0. The Bertz CT molecular complexity index is 309. The maximum absolute atomic E-state index is 13.1. The molecular weight excluding hydrogens is 282 g/mol. The van der Waals surface area contributed by atoms with Crippen LogP contribution in [-0.2, 0) is 0 Å². The van der Waals surface area contributed by atoms with E-state index in [2.05, 4.69) is 26.6 Å². The zero-order valence-corrected chi connectivity index (χ0v) is 10.5. The van der Waals surface area contributed by atoms with Crippen molar-refractivity contribution in [2.45, 2.75) is 6.04 Å². The van der Waals surface area contributed by atoms with Gasteiger partial charge in [-0.15, -0.1) is 12.4 Å². The summed E-state index contributed by atoms with van der Waals surface area (Å²) in [6.45, 7) is 2.77. The average Bonchev–Trinajstić information content (AvgIpc) is 2.18. The van der Waals surface area contributed by atoms with Crippen molar-refractivity contribution in [3.8, 4) is 0 Å². The molecule has 0 spiro atoms. The van der Waals surface area contributed by atoms with Crippen LogP contribution in [0.5, 0.6) is 0 Å². The summed E-state index contributed by atoms with van der Waals surface area (Å²) in [5.41, 5.74) is 0.990. The lowest BCUT2D eigenvalue weighted by molar-refractivity contribution is 0.428. The van der Waals surface area contributed by atoms with Gasteiger partial charge >= 0.3 is 0 Å². The molecule has 1 aromatic rings. The lowest BCUT2D eigenvalue weighted by atomic mass is 10.1. The predicted octanol–water partition coefficient (Wildman–Crippen LogP) is 2.24. The number of piperazine rings is 1. The van der Waals surface area contributed by atoms with Gasteiger partial charge in [-0.25, -0.2) is 4.39 Å². The van der Waals surface area contributed by atoms with Crippen LogP contribution in [0.1, 0.15) is 11.6 Å². The molecule has 1 fully saturated rings. The molecule has 1 heterocycles. The maximum atomic E-state index is 13.1. The minimum atomic E-state index is -0.193. The first-order chi connectivity index (χ1) is 6.75. The van der Waals surface area contributed by atoms with Gasteiger partial charge in [-0.05, 0) is 23.8 Å². The number of hydrogen-bond acceptors (Lipinski definition) is 2. The van der Waals surface area contributed by atoms with Gasteiger partial charge in [-0.1, -0.05) is 15.9 Å². The van der Waals surface area contributed by atoms with Crippen molar-refractivity contribution in [1.29, 1.82) is 0 Å². The first-order valence-corrected chi connectivity index (χ1v) is 5.45. The molecule has 1 atom stereocenters. The molecule has 1 saturated heterocycles. The fourth-order valence-electron chi connectivity index (χ4n) is 1.67. The van der Waals surface area contributed by atoms with E-state index in [1.807, 2.05) is 6.07 Å². The summed E-state index contributed by atoms with van der Waals surface area (Å²) in [6.07, 6.45) is 0. The molecular formula is C10H13BrClFN2. The Kier molecular flexibility index (Phi) is 4.99. The van der Waals surface area contributed by atoms with Gasteiger partial charge in [0.1, 0.15) is 5.82 Å². The summed E-state index contributed by atoms with van der Waals surface area (Å²) in [6, 6.07) is 5.22. The van der Waals surface area contributed by atoms with Crippen LogP contribution in [0.2, 0.25) is 0 Å². The fraction of sp³-hybridized carbons (Fsp3) is 0.400. The van der Waals surface area contributed by atoms with Crippen molar-refractivity contribution in [3.05, 3.63) is 34.1 Å². The average molecular weight is 296 g/mol. The Morgan fingerprint density at radius 1 is 1.27 bits per heavy atom. The summed E-state index contributed by atoms with van der Waals surface area (Å²) < 4.78 is 13.9. The number of nitrogens with one attached hydrogen (secondary N) is 2. The first kappa shape index (κ1) is 12.9. The van der Waals surface area contributed by atoms with Gasteiger partial charge in [0.25, 0.3) is 0 Å². The van der Waals surface area contributed by atoms with Crippen LogP contribution in [-0.4, -0.2) is 19.6 Å². The Morgan fingerprint density at radius 3 is 2.67 bits per heavy atom. The van der Waals surface area contributed by atoms with E-state index in [9.17, 15) is 4.39 Å². The maximum Gasteiger partial charge on any atom is 0.124 e. The Labute approximate surface area is 103 Å². The van der Waals surface area contributed by atoms with Gasteiger partial charge in [-0.2, -0.15) is 0 Å². The highest BCUT2D eigenvalue weighted by Gasteiger charge is 2.14. The van der Waals surface area contributed by atoms with Gasteiger partial charge in [0.15, 0.2) is 0 Å². The third kappa shape index (κ3) is 3.41. The number of benzene rings is 1. The summed E-state index contributed by atoms with van der Waals surface area (Å²) in [5.74, 6) is -0.193. The molecule has 15 heavy (non-hydrogen) atoms. The summed E-state index contributed by atoms with van der Waals surface area (Å²) in [7, 11) is 0. The van der Waals surface area contributed by atoms with Crippen LogP contribution in [0.15, 0.2) is 22.7 Å². The molecule has 0 unspecified atom stereocenters. The Hall–Kier alpha value is -0.160. The van der Waals surface area contributed by atoms with Crippen molar-refractivity contribution >= 4 is 28.3 Å². The second-order valence-corrected chi connectivity index (χ2v) is 4.33. The van der Waals surface area contributed by atoms with Crippen molar-refractivity contribution < 1.29 is 4.39 Å². The molecule has 1 aliphatic heterocycles. The van der Waals surface area contributed by atoms with E-state index in [0.717, 1.165) is 29.7 Å². The molecule has 84 valence electrons. The van der Waals surface area contributed by atoms with Crippen molar-refractivity contribution in [2.75, 3.05) is 19.6 Å². The van der Waals surface area contributed by atoms with Crippen molar-refractivity contribution in [1.82, 2.24) is 10.6 Å². The predicted molar refractivity (Wildman–Crippen MR) is 65.0 cm³/mol. The minimum absolute atomic E-state index is 0. The molecule has 2 rings (SSSR count). The molecule has 0 saturated carbocycles. The second-order valence-electron chi connectivity index (χ2n) is 3.41. The van der Waals surface area contributed by atoms with Crippen molar-refractivity contribution in [3.63, 3.8) is 0 Å². The summed E-state index contributed by atoms with van der Waals surface area (Å²) >= 11 is 3.29. The number of rotatable bonds is 1. The van der Waals surface area contributed by atoms with Crippen LogP contribution < -0.4 is 10.6 Å². The van der Waals surface area contributed by atoms with E-state index in [1.54, 1.807) is 6.07 Å². The smallest absolute Gasteiger partial charge is 0.124 e. The zero-order valence-electron chi connectivity index (χ0n) is 8.09. The third-order valence-electron chi connectivity index (χ3n) is 2.33. The SMILES string of the molecule is Cl.Fc1cc(Br)cc([C@@H]2CNCCN2)c1. The third-order valence-corrected chi connectivity index (χ3v) is 2.79. The molecule has 0 bridgehead atoms. The molecule has 0 aliphatic carbocycles. The molecule has 0 radical (unpaired) electrons. The van der Waals surface area contributed by atoms with E-state index in [-0.39, 0.29) is 24.3 Å².